The number of aryl methyl sites for hydroxylation is 1. The molecule has 2 aliphatic rings. The molecule has 3 heterocycles. The van der Waals surface area contributed by atoms with Gasteiger partial charge in [-0.1, -0.05) is 0 Å². The third-order valence-electron chi connectivity index (χ3n) is 7.23. The summed E-state index contributed by atoms with van der Waals surface area (Å²) in [5, 5.41) is 15.9. The van der Waals surface area contributed by atoms with Gasteiger partial charge < -0.3 is 15.1 Å². The van der Waals surface area contributed by atoms with E-state index in [1.54, 1.807) is 46.1 Å². The summed E-state index contributed by atoms with van der Waals surface area (Å²) in [6.07, 6.45) is 0.291. The number of nitriles is 1. The van der Waals surface area contributed by atoms with Crippen LogP contribution in [0.1, 0.15) is 30.4 Å². The van der Waals surface area contributed by atoms with Crippen LogP contribution in [-0.2, 0) is 22.3 Å². The van der Waals surface area contributed by atoms with Crippen molar-refractivity contribution in [1.82, 2.24) is 20.0 Å². The number of nitrogens with zero attached hydrogens (tertiary/aromatic N) is 5. The average Bonchev–Trinajstić information content (AvgIpc) is 3.50. The molecule has 2 saturated heterocycles. The van der Waals surface area contributed by atoms with Crippen LogP contribution in [0.4, 0.5) is 18.9 Å². The molecule has 8 nitrogen and oxygen atoms in total. The molecule has 0 aliphatic carbocycles. The van der Waals surface area contributed by atoms with E-state index in [2.05, 4.69) is 10.4 Å². The number of amides is 2. The second-order valence-corrected chi connectivity index (χ2v) is 9.15. The number of carbonyl (C=O) groups is 2. The Morgan fingerprint density at radius 3 is 2.63 bits per heavy atom. The minimum atomic E-state index is -4.65. The quantitative estimate of drug-likeness (QED) is 0.699. The molecule has 2 aromatic rings. The molecule has 1 aromatic carbocycles. The molecule has 1 aromatic heterocycles. The minimum Gasteiger partial charge on any atom is -0.370 e. The zero-order valence-electron chi connectivity index (χ0n) is 19.4. The number of aromatic nitrogens is 2. The Labute approximate surface area is 201 Å². The van der Waals surface area contributed by atoms with Crippen molar-refractivity contribution in [1.29, 1.82) is 5.26 Å². The van der Waals surface area contributed by atoms with Crippen LogP contribution in [0.3, 0.4) is 0 Å². The van der Waals surface area contributed by atoms with Gasteiger partial charge in [-0.2, -0.15) is 23.5 Å². The predicted octanol–water partition coefficient (Wildman–Crippen LogP) is 2.65. The predicted molar refractivity (Wildman–Crippen MR) is 121 cm³/mol. The molecule has 1 atom stereocenters. The lowest BCUT2D eigenvalue weighted by Gasteiger charge is -2.42. The summed E-state index contributed by atoms with van der Waals surface area (Å²) in [4.78, 5) is 29.1. The summed E-state index contributed by atoms with van der Waals surface area (Å²) in [6, 6.07) is 7.07. The van der Waals surface area contributed by atoms with Gasteiger partial charge in [-0.05, 0) is 37.1 Å². The van der Waals surface area contributed by atoms with E-state index in [1.165, 1.54) is 12.1 Å². The van der Waals surface area contributed by atoms with Crippen molar-refractivity contribution in [2.75, 3.05) is 38.1 Å². The number of halogens is 3. The van der Waals surface area contributed by atoms with Crippen molar-refractivity contribution >= 4 is 17.5 Å². The molecule has 11 heteroatoms. The third-order valence-corrected chi connectivity index (χ3v) is 7.23. The standard InChI is InChI=1S/C24H27F3N6O2/c1-29-22(35)20-15-32(18-4-3-17(14-28)19(13-18)24(25,26)27)16-23(20)6-11-31(12-7-23)21(34)5-10-33-9-2-8-30-33/h2-4,8-9,13,20H,5-7,10-12,15-16H2,1H3,(H,29,35). The first-order valence-corrected chi connectivity index (χ1v) is 11.5. The summed E-state index contributed by atoms with van der Waals surface area (Å²) in [7, 11) is 1.55. The van der Waals surface area contributed by atoms with E-state index >= 15 is 0 Å². The van der Waals surface area contributed by atoms with Gasteiger partial charge in [-0.25, -0.2) is 0 Å². The Bertz CT molecular complexity index is 1120. The van der Waals surface area contributed by atoms with E-state index in [-0.39, 0.29) is 18.4 Å². The number of likely N-dealkylation sites (tertiary alicyclic amines) is 1. The van der Waals surface area contributed by atoms with E-state index in [0.29, 0.717) is 51.1 Å². The highest BCUT2D eigenvalue weighted by molar-refractivity contribution is 5.81. The van der Waals surface area contributed by atoms with E-state index in [0.717, 1.165) is 6.07 Å². The molecule has 0 saturated carbocycles. The SMILES string of the molecule is CNC(=O)C1CN(c2ccc(C#N)c(C(F)(F)F)c2)CC12CCN(C(=O)CCn1cccn1)CC2. The van der Waals surface area contributed by atoms with Crippen LogP contribution in [-0.4, -0.2) is 59.7 Å². The van der Waals surface area contributed by atoms with E-state index in [4.69, 9.17) is 5.26 Å². The zero-order chi connectivity index (χ0) is 25.2. The maximum Gasteiger partial charge on any atom is 0.417 e. The number of anilines is 1. The van der Waals surface area contributed by atoms with Gasteiger partial charge in [0.1, 0.15) is 0 Å². The maximum absolute atomic E-state index is 13.5. The van der Waals surface area contributed by atoms with Gasteiger partial charge >= 0.3 is 6.18 Å². The average molecular weight is 489 g/mol. The van der Waals surface area contributed by atoms with Crippen molar-refractivity contribution in [3.05, 3.63) is 47.8 Å². The Hall–Kier alpha value is -3.55. The topological polar surface area (TPSA) is 94.3 Å². The highest BCUT2D eigenvalue weighted by atomic mass is 19.4. The van der Waals surface area contributed by atoms with E-state index < -0.39 is 28.6 Å². The normalized spacial score (nSPS) is 19.6. The van der Waals surface area contributed by atoms with Crippen molar-refractivity contribution in [3.63, 3.8) is 0 Å². The lowest BCUT2D eigenvalue weighted by atomic mass is 9.70. The van der Waals surface area contributed by atoms with E-state index in [1.807, 2.05) is 0 Å². The number of hydrogen-bond acceptors (Lipinski definition) is 5. The van der Waals surface area contributed by atoms with Crippen molar-refractivity contribution < 1.29 is 22.8 Å². The fourth-order valence-electron chi connectivity index (χ4n) is 5.27. The van der Waals surface area contributed by atoms with Crippen LogP contribution in [0.5, 0.6) is 0 Å². The second kappa shape index (κ2) is 9.60. The van der Waals surface area contributed by atoms with Crippen LogP contribution in [0.25, 0.3) is 0 Å². The highest BCUT2D eigenvalue weighted by Crippen LogP contribution is 2.47. The minimum absolute atomic E-state index is 0.0172. The third kappa shape index (κ3) is 4.97. The van der Waals surface area contributed by atoms with E-state index in [9.17, 15) is 22.8 Å². The Morgan fingerprint density at radius 2 is 2.03 bits per heavy atom. The van der Waals surface area contributed by atoms with Gasteiger partial charge in [0, 0.05) is 69.7 Å². The molecule has 2 aliphatic heterocycles. The largest absolute Gasteiger partial charge is 0.417 e. The molecule has 0 bridgehead atoms. The Morgan fingerprint density at radius 1 is 1.29 bits per heavy atom. The fourth-order valence-corrected chi connectivity index (χ4v) is 5.27. The monoisotopic (exact) mass is 488 g/mol. The molecule has 2 fully saturated rings. The van der Waals surface area contributed by atoms with Crippen LogP contribution in [0, 0.1) is 22.7 Å². The number of hydrogen-bond donors (Lipinski definition) is 1. The lowest BCUT2D eigenvalue weighted by Crippen LogP contribution is -2.49. The van der Waals surface area contributed by atoms with Crippen molar-refractivity contribution in [2.45, 2.75) is 32.0 Å². The molecule has 186 valence electrons. The maximum atomic E-state index is 13.5. The molecule has 0 radical (unpaired) electrons. The number of benzene rings is 1. The van der Waals surface area contributed by atoms with Gasteiger partial charge in [0.05, 0.1) is 23.1 Å². The van der Waals surface area contributed by atoms with Crippen LogP contribution < -0.4 is 10.2 Å². The number of carbonyl (C=O) groups excluding carboxylic acids is 2. The summed E-state index contributed by atoms with van der Waals surface area (Å²) in [5.74, 6) is -0.557. The zero-order valence-corrected chi connectivity index (χ0v) is 19.4. The molecule has 35 heavy (non-hydrogen) atoms. The van der Waals surface area contributed by atoms with Crippen LogP contribution >= 0.6 is 0 Å². The first-order valence-electron chi connectivity index (χ1n) is 11.5. The summed E-state index contributed by atoms with van der Waals surface area (Å²) < 4.78 is 42.2. The molecular formula is C24H27F3N6O2. The number of rotatable bonds is 5. The summed E-state index contributed by atoms with van der Waals surface area (Å²) >= 11 is 0. The van der Waals surface area contributed by atoms with Gasteiger partial charge in [-0.3, -0.25) is 14.3 Å². The van der Waals surface area contributed by atoms with Crippen LogP contribution in [0.2, 0.25) is 0 Å². The Balaban J connectivity index is 1.50. The van der Waals surface area contributed by atoms with Gasteiger partial charge in [0.2, 0.25) is 11.8 Å². The first-order chi connectivity index (χ1) is 16.7. The second-order valence-electron chi connectivity index (χ2n) is 9.15. The molecule has 4 rings (SSSR count). The Kier molecular flexibility index (Phi) is 6.74. The van der Waals surface area contributed by atoms with Crippen molar-refractivity contribution in [3.8, 4) is 6.07 Å². The fraction of sp³-hybridized carbons (Fsp3) is 0.500. The molecule has 1 unspecified atom stereocenters. The smallest absolute Gasteiger partial charge is 0.370 e. The lowest BCUT2D eigenvalue weighted by molar-refractivity contribution is -0.138. The number of alkyl halides is 3. The highest BCUT2D eigenvalue weighted by Gasteiger charge is 2.51. The first kappa shape index (κ1) is 24.6. The number of nitrogens with one attached hydrogen (secondary N) is 1. The molecular weight excluding hydrogens is 461 g/mol. The van der Waals surface area contributed by atoms with Crippen LogP contribution in [0.15, 0.2) is 36.7 Å². The van der Waals surface area contributed by atoms with Gasteiger partial charge in [-0.15, -0.1) is 0 Å². The van der Waals surface area contributed by atoms with Crippen molar-refractivity contribution in [2.24, 2.45) is 11.3 Å². The molecule has 1 spiro atoms. The summed E-state index contributed by atoms with van der Waals surface area (Å²) in [6.45, 7) is 2.14. The molecule has 2 amide bonds. The van der Waals surface area contributed by atoms with Gasteiger partial charge in [0.15, 0.2) is 0 Å². The number of piperidine rings is 1. The van der Waals surface area contributed by atoms with Gasteiger partial charge in [0.25, 0.3) is 0 Å². The molecule has 1 N–H and O–H groups in total. The summed E-state index contributed by atoms with van der Waals surface area (Å²) in [5.41, 5.74) is -1.53.